The van der Waals surface area contributed by atoms with Crippen LogP contribution in [0.3, 0.4) is 0 Å². The molecule has 0 radical (unpaired) electrons. The zero-order valence-electron chi connectivity index (χ0n) is 10.4. The topological polar surface area (TPSA) is 45.0 Å². The number of alkyl halides is 3. The molecule has 1 N–H and O–H groups in total. The van der Waals surface area contributed by atoms with Gasteiger partial charge in [0.2, 0.25) is 0 Å². The minimum atomic E-state index is -4.19. The summed E-state index contributed by atoms with van der Waals surface area (Å²) in [6, 6.07) is 2.24. The van der Waals surface area contributed by atoms with Crippen molar-refractivity contribution >= 4 is 0 Å². The molecule has 3 nitrogen and oxygen atoms in total. The highest BCUT2D eigenvalue weighted by Crippen LogP contribution is 2.19. The summed E-state index contributed by atoms with van der Waals surface area (Å²) >= 11 is 0. The molecule has 0 bridgehead atoms. The van der Waals surface area contributed by atoms with Crippen molar-refractivity contribution in [2.45, 2.75) is 51.4 Å². The number of hydrogen-bond acceptors (Lipinski definition) is 3. The SMILES string of the molecule is CC(C)NC(C)(C#N)CCOCCC(F)(F)F. The standard InChI is InChI=1S/C11H19F3N2O/c1-9(2)16-10(3,8-15)4-6-17-7-5-11(12,13)14/h9,16H,4-7H2,1-3H3. The predicted molar refractivity (Wildman–Crippen MR) is 58.4 cm³/mol. The van der Waals surface area contributed by atoms with Gasteiger partial charge in [-0.15, -0.1) is 0 Å². The molecule has 0 aromatic carbocycles. The maximum absolute atomic E-state index is 11.8. The summed E-state index contributed by atoms with van der Waals surface area (Å²) in [4.78, 5) is 0. The van der Waals surface area contributed by atoms with Crippen molar-refractivity contribution in [3.05, 3.63) is 0 Å². The third-order valence-corrected chi connectivity index (χ3v) is 2.13. The zero-order chi connectivity index (χ0) is 13.5. The molecule has 1 atom stereocenters. The molecule has 0 fully saturated rings. The van der Waals surface area contributed by atoms with Gasteiger partial charge in [0.05, 0.1) is 19.1 Å². The lowest BCUT2D eigenvalue weighted by Crippen LogP contribution is -2.45. The van der Waals surface area contributed by atoms with Crippen LogP contribution < -0.4 is 5.32 Å². The Balaban J connectivity index is 3.82. The fourth-order valence-corrected chi connectivity index (χ4v) is 1.36. The highest BCUT2D eigenvalue weighted by Gasteiger charge is 2.27. The second-order valence-corrected chi connectivity index (χ2v) is 4.47. The Kier molecular flexibility index (Phi) is 6.50. The van der Waals surface area contributed by atoms with E-state index in [1.807, 2.05) is 13.8 Å². The van der Waals surface area contributed by atoms with E-state index >= 15 is 0 Å². The quantitative estimate of drug-likeness (QED) is 0.708. The molecule has 0 aliphatic rings. The first-order valence-corrected chi connectivity index (χ1v) is 5.52. The lowest BCUT2D eigenvalue weighted by molar-refractivity contribution is -0.145. The molecule has 100 valence electrons. The molecule has 0 saturated carbocycles. The van der Waals surface area contributed by atoms with Gasteiger partial charge in [-0.25, -0.2) is 0 Å². The van der Waals surface area contributed by atoms with Gasteiger partial charge in [0.25, 0.3) is 0 Å². The predicted octanol–water partition coefficient (Wildman–Crippen LogP) is 2.63. The number of ether oxygens (including phenoxy) is 1. The third kappa shape index (κ3) is 8.95. The van der Waals surface area contributed by atoms with E-state index in [1.54, 1.807) is 6.92 Å². The van der Waals surface area contributed by atoms with E-state index < -0.39 is 18.1 Å². The number of rotatable bonds is 7. The Bertz CT molecular complexity index is 260. The van der Waals surface area contributed by atoms with Crippen molar-refractivity contribution in [3.63, 3.8) is 0 Å². The fraction of sp³-hybridized carbons (Fsp3) is 0.909. The number of nitrogens with one attached hydrogen (secondary N) is 1. The summed E-state index contributed by atoms with van der Waals surface area (Å²) in [7, 11) is 0. The molecular formula is C11H19F3N2O. The van der Waals surface area contributed by atoms with Crippen molar-refractivity contribution in [1.82, 2.24) is 5.32 Å². The highest BCUT2D eigenvalue weighted by molar-refractivity contribution is 5.04. The Hall–Kier alpha value is -0.800. The maximum atomic E-state index is 11.8. The van der Waals surface area contributed by atoms with E-state index in [2.05, 4.69) is 11.4 Å². The van der Waals surface area contributed by atoms with Crippen LogP contribution in [0.15, 0.2) is 0 Å². The average molecular weight is 252 g/mol. The van der Waals surface area contributed by atoms with Crippen LogP contribution in [0.2, 0.25) is 0 Å². The van der Waals surface area contributed by atoms with Crippen molar-refractivity contribution in [3.8, 4) is 6.07 Å². The van der Waals surface area contributed by atoms with E-state index in [0.29, 0.717) is 6.42 Å². The van der Waals surface area contributed by atoms with Crippen LogP contribution in [0, 0.1) is 11.3 Å². The summed E-state index contributed by atoms with van der Waals surface area (Å²) in [5.74, 6) is 0. The third-order valence-electron chi connectivity index (χ3n) is 2.13. The fourth-order valence-electron chi connectivity index (χ4n) is 1.36. The molecule has 0 heterocycles. The summed E-state index contributed by atoms with van der Waals surface area (Å²) in [6.45, 7) is 5.30. The van der Waals surface area contributed by atoms with E-state index in [1.165, 1.54) is 0 Å². The van der Waals surface area contributed by atoms with Gasteiger partial charge < -0.3 is 4.74 Å². The van der Waals surface area contributed by atoms with Gasteiger partial charge in [0.1, 0.15) is 5.54 Å². The smallest absolute Gasteiger partial charge is 0.381 e. The second kappa shape index (κ2) is 6.82. The maximum Gasteiger partial charge on any atom is 0.391 e. The van der Waals surface area contributed by atoms with Crippen LogP contribution >= 0.6 is 0 Å². The van der Waals surface area contributed by atoms with Crippen molar-refractivity contribution < 1.29 is 17.9 Å². The van der Waals surface area contributed by atoms with Crippen molar-refractivity contribution in [2.24, 2.45) is 0 Å². The van der Waals surface area contributed by atoms with Crippen LogP contribution in [0.4, 0.5) is 13.2 Å². The molecule has 1 unspecified atom stereocenters. The molecule has 17 heavy (non-hydrogen) atoms. The van der Waals surface area contributed by atoms with Gasteiger partial charge in [-0.1, -0.05) is 0 Å². The first-order chi connectivity index (χ1) is 7.68. The van der Waals surface area contributed by atoms with Gasteiger partial charge in [-0.2, -0.15) is 18.4 Å². The minimum Gasteiger partial charge on any atom is -0.381 e. The van der Waals surface area contributed by atoms with Crippen molar-refractivity contribution in [2.75, 3.05) is 13.2 Å². The molecule has 6 heteroatoms. The molecule has 0 aliphatic heterocycles. The lowest BCUT2D eigenvalue weighted by atomic mass is 9.99. The Morgan fingerprint density at radius 1 is 1.24 bits per heavy atom. The Labute approximate surface area is 99.9 Å². The zero-order valence-corrected chi connectivity index (χ0v) is 10.4. The van der Waals surface area contributed by atoms with Crippen molar-refractivity contribution in [1.29, 1.82) is 5.26 Å². The minimum absolute atomic E-state index is 0.134. The number of hydrogen-bond donors (Lipinski definition) is 1. The Morgan fingerprint density at radius 3 is 2.18 bits per heavy atom. The first-order valence-electron chi connectivity index (χ1n) is 5.52. The average Bonchev–Trinajstić information content (AvgIpc) is 2.14. The van der Waals surface area contributed by atoms with Gasteiger partial charge in [-0.05, 0) is 20.8 Å². The number of halogens is 3. The largest absolute Gasteiger partial charge is 0.391 e. The first kappa shape index (κ1) is 16.2. The van der Waals surface area contributed by atoms with Crippen LogP contribution in [-0.2, 0) is 4.74 Å². The molecular weight excluding hydrogens is 233 g/mol. The van der Waals surface area contributed by atoms with Crippen LogP contribution in [0.5, 0.6) is 0 Å². The second-order valence-electron chi connectivity index (χ2n) is 4.47. The Morgan fingerprint density at radius 2 is 1.76 bits per heavy atom. The van der Waals surface area contributed by atoms with Crippen LogP contribution in [-0.4, -0.2) is 31.0 Å². The molecule has 0 aliphatic carbocycles. The summed E-state index contributed by atoms with van der Waals surface area (Å²) in [6.07, 6.45) is -4.78. The normalized spacial score (nSPS) is 15.6. The summed E-state index contributed by atoms with van der Waals surface area (Å²) in [5, 5.41) is 12.0. The highest BCUT2D eigenvalue weighted by atomic mass is 19.4. The van der Waals surface area contributed by atoms with E-state index in [4.69, 9.17) is 10.00 Å². The number of nitrogens with zero attached hydrogens (tertiary/aromatic N) is 1. The summed E-state index contributed by atoms with van der Waals surface area (Å²) < 4.78 is 40.3. The van der Waals surface area contributed by atoms with Gasteiger partial charge in [0, 0.05) is 19.1 Å². The van der Waals surface area contributed by atoms with E-state index in [-0.39, 0.29) is 19.3 Å². The van der Waals surface area contributed by atoms with Gasteiger partial charge in [-0.3, -0.25) is 5.32 Å². The van der Waals surface area contributed by atoms with Gasteiger partial charge >= 0.3 is 6.18 Å². The number of nitriles is 1. The van der Waals surface area contributed by atoms with Crippen LogP contribution in [0.1, 0.15) is 33.6 Å². The molecule has 0 spiro atoms. The monoisotopic (exact) mass is 252 g/mol. The van der Waals surface area contributed by atoms with E-state index in [9.17, 15) is 13.2 Å². The lowest BCUT2D eigenvalue weighted by Gasteiger charge is -2.25. The molecule has 0 rings (SSSR count). The summed E-state index contributed by atoms with van der Waals surface area (Å²) in [5.41, 5.74) is -0.758. The molecule has 0 amide bonds. The van der Waals surface area contributed by atoms with Crippen LogP contribution in [0.25, 0.3) is 0 Å². The molecule has 0 aromatic rings. The molecule has 0 aromatic heterocycles. The van der Waals surface area contributed by atoms with Gasteiger partial charge in [0.15, 0.2) is 0 Å². The van der Waals surface area contributed by atoms with E-state index in [0.717, 1.165) is 0 Å². The molecule has 0 saturated heterocycles.